The van der Waals surface area contributed by atoms with Crippen LogP contribution in [0.2, 0.25) is 0 Å². The zero-order valence-electron chi connectivity index (χ0n) is 24.6. The molecule has 0 aliphatic carbocycles. The molecule has 2 bridgehead atoms. The zero-order valence-corrected chi connectivity index (χ0v) is 24.6. The van der Waals surface area contributed by atoms with E-state index >= 15 is 4.79 Å². The highest BCUT2D eigenvalue weighted by Gasteiger charge is 2.79. The van der Waals surface area contributed by atoms with Gasteiger partial charge in [0, 0.05) is 12.2 Å². The van der Waals surface area contributed by atoms with Gasteiger partial charge in [0.15, 0.2) is 0 Å². The number of para-hydroxylation sites is 1. The first-order chi connectivity index (χ1) is 20.2. The summed E-state index contributed by atoms with van der Waals surface area (Å²) in [7, 11) is 0. The van der Waals surface area contributed by atoms with Crippen LogP contribution >= 0.6 is 0 Å². The van der Waals surface area contributed by atoms with Crippen LogP contribution in [-0.2, 0) is 23.9 Å². The number of aliphatic hydroxyl groups is 1. The topological polar surface area (TPSA) is 96.4 Å². The summed E-state index contributed by atoms with van der Waals surface area (Å²) in [5.74, 6) is -3.05. The minimum Gasteiger partial charge on any atom is -0.461 e. The van der Waals surface area contributed by atoms with Crippen molar-refractivity contribution in [2.45, 2.75) is 63.3 Å². The molecular formula is C34H40N2O6. The Morgan fingerprint density at radius 1 is 1.12 bits per heavy atom. The van der Waals surface area contributed by atoms with Gasteiger partial charge in [0.05, 0.1) is 24.2 Å². The van der Waals surface area contributed by atoms with E-state index in [1.54, 1.807) is 11.0 Å². The lowest BCUT2D eigenvalue weighted by molar-refractivity contribution is -0.161. The number of carbonyl (C=O) groups is 3. The highest BCUT2D eigenvalue weighted by molar-refractivity contribution is 6.05. The molecule has 3 heterocycles. The summed E-state index contributed by atoms with van der Waals surface area (Å²) in [6.07, 6.45) is 4.58. The number of aliphatic hydroxyl groups excluding tert-OH is 1. The SMILES string of the molecule is C=CCOC(=O)[C@H]1[C@H]2C(=O)N([C@H](CO)c3ccccc3)C(C(=O)N(CC=C)c3c(C)cccc3C)C23CC[C@]1(CC)O3. The largest absolute Gasteiger partial charge is 0.461 e. The van der Waals surface area contributed by atoms with Gasteiger partial charge in [-0.25, -0.2) is 0 Å². The van der Waals surface area contributed by atoms with E-state index in [1.807, 2.05) is 69.3 Å². The van der Waals surface area contributed by atoms with Crippen molar-refractivity contribution in [1.29, 1.82) is 0 Å². The van der Waals surface area contributed by atoms with Crippen LogP contribution in [0.3, 0.4) is 0 Å². The van der Waals surface area contributed by atoms with E-state index in [4.69, 9.17) is 9.47 Å². The number of aryl methyl sites for hydroxylation is 2. The Balaban J connectivity index is 1.70. The average molecular weight is 573 g/mol. The Morgan fingerprint density at radius 3 is 2.40 bits per heavy atom. The van der Waals surface area contributed by atoms with E-state index in [1.165, 1.54) is 11.0 Å². The number of anilines is 1. The first-order valence-corrected chi connectivity index (χ1v) is 14.7. The number of esters is 1. The number of amides is 2. The van der Waals surface area contributed by atoms with Crippen molar-refractivity contribution in [3.63, 3.8) is 0 Å². The van der Waals surface area contributed by atoms with Gasteiger partial charge >= 0.3 is 5.97 Å². The van der Waals surface area contributed by atoms with Crippen LogP contribution in [0.15, 0.2) is 73.8 Å². The fraction of sp³-hybridized carbons (Fsp3) is 0.441. The number of fused-ring (bicyclic) bond motifs is 1. The van der Waals surface area contributed by atoms with Crippen LogP contribution in [-0.4, -0.2) is 64.8 Å². The van der Waals surface area contributed by atoms with E-state index in [2.05, 4.69) is 13.2 Å². The lowest BCUT2D eigenvalue weighted by Crippen LogP contribution is -2.57. The maximum Gasteiger partial charge on any atom is 0.313 e. The fourth-order valence-electron chi connectivity index (χ4n) is 7.69. The van der Waals surface area contributed by atoms with Gasteiger partial charge in [0.1, 0.15) is 24.2 Å². The summed E-state index contributed by atoms with van der Waals surface area (Å²) in [6, 6.07) is 13.1. The Labute approximate surface area is 247 Å². The van der Waals surface area contributed by atoms with Gasteiger partial charge in [-0.15, -0.1) is 6.58 Å². The molecule has 0 radical (unpaired) electrons. The first-order valence-electron chi connectivity index (χ1n) is 14.7. The number of rotatable bonds is 11. The lowest BCUT2D eigenvalue weighted by Gasteiger charge is -2.40. The smallest absolute Gasteiger partial charge is 0.313 e. The normalized spacial score (nSPS) is 28.3. The Kier molecular flexibility index (Phi) is 8.14. The van der Waals surface area contributed by atoms with Crippen molar-refractivity contribution in [1.82, 2.24) is 4.90 Å². The molecular weight excluding hydrogens is 532 g/mol. The average Bonchev–Trinajstić information content (AvgIpc) is 3.60. The maximum atomic E-state index is 15.0. The monoisotopic (exact) mass is 572 g/mol. The van der Waals surface area contributed by atoms with Crippen molar-refractivity contribution in [3.8, 4) is 0 Å². The summed E-state index contributed by atoms with van der Waals surface area (Å²) in [5, 5.41) is 10.7. The molecule has 2 aromatic rings. The number of benzene rings is 2. The molecule has 0 aromatic heterocycles. The van der Waals surface area contributed by atoms with E-state index in [0.29, 0.717) is 24.8 Å². The molecule has 2 amide bonds. The van der Waals surface area contributed by atoms with Crippen molar-refractivity contribution in [2.75, 3.05) is 24.7 Å². The molecule has 42 heavy (non-hydrogen) atoms. The molecule has 3 aliphatic rings. The standard InChI is InChI=1S/C34H40N2O6/c1-6-19-35(28-22(4)13-12-14-23(28)5)31(39)29-34-18-17-33(8-3,42-34)27(32(40)41-20-7-2)26(34)30(38)36(29)25(21-37)24-15-10-9-11-16-24/h6-7,9-16,25-27,29,37H,1-2,8,17-21H2,3-5H3/t25-,26+,27-,29?,33+,34?/m1/s1. The number of nitrogens with zero attached hydrogens (tertiary/aromatic N) is 2. The summed E-state index contributed by atoms with van der Waals surface area (Å²) >= 11 is 0. The van der Waals surface area contributed by atoms with Crippen molar-refractivity contribution in [3.05, 3.63) is 90.5 Å². The predicted molar refractivity (Wildman–Crippen MR) is 160 cm³/mol. The van der Waals surface area contributed by atoms with Gasteiger partial charge < -0.3 is 24.4 Å². The molecule has 3 fully saturated rings. The van der Waals surface area contributed by atoms with Crippen molar-refractivity contribution < 1.29 is 29.0 Å². The lowest BCUT2D eigenvalue weighted by atomic mass is 9.65. The number of likely N-dealkylation sites (tertiary alicyclic amines) is 1. The van der Waals surface area contributed by atoms with E-state index < -0.39 is 47.7 Å². The number of carbonyl (C=O) groups excluding carboxylic acids is 3. The molecule has 222 valence electrons. The number of hydrogen-bond donors (Lipinski definition) is 1. The van der Waals surface area contributed by atoms with Crippen LogP contribution in [0.25, 0.3) is 0 Å². The first kappa shape index (κ1) is 29.7. The minimum absolute atomic E-state index is 0.0120. The van der Waals surface area contributed by atoms with Gasteiger partial charge in [-0.2, -0.15) is 0 Å². The molecule has 8 nitrogen and oxygen atoms in total. The Morgan fingerprint density at radius 2 is 1.81 bits per heavy atom. The van der Waals surface area contributed by atoms with Crippen LogP contribution < -0.4 is 4.90 Å². The molecule has 0 saturated carbocycles. The molecule has 2 unspecified atom stereocenters. The summed E-state index contributed by atoms with van der Waals surface area (Å²) in [5.41, 5.74) is 1.06. The van der Waals surface area contributed by atoms with Gasteiger partial charge in [-0.05, 0) is 49.8 Å². The second-order valence-corrected chi connectivity index (χ2v) is 11.6. The molecule has 3 aliphatic heterocycles. The third kappa shape index (κ3) is 4.39. The fourth-order valence-corrected chi connectivity index (χ4v) is 7.69. The Bertz CT molecular complexity index is 1370. The van der Waals surface area contributed by atoms with E-state index in [9.17, 15) is 14.7 Å². The van der Waals surface area contributed by atoms with Crippen molar-refractivity contribution >= 4 is 23.5 Å². The highest BCUT2D eigenvalue weighted by Crippen LogP contribution is 2.65. The van der Waals surface area contributed by atoms with E-state index in [0.717, 1.165) is 16.8 Å². The van der Waals surface area contributed by atoms with Crippen molar-refractivity contribution in [2.24, 2.45) is 11.8 Å². The Hall–Kier alpha value is -3.75. The molecule has 5 rings (SSSR count). The maximum absolute atomic E-state index is 15.0. The second-order valence-electron chi connectivity index (χ2n) is 11.6. The molecule has 1 spiro atoms. The van der Waals surface area contributed by atoms with Gasteiger partial charge in [-0.3, -0.25) is 14.4 Å². The van der Waals surface area contributed by atoms with Crippen LogP contribution in [0.1, 0.15) is 48.9 Å². The summed E-state index contributed by atoms with van der Waals surface area (Å²) < 4.78 is 12.4. The highest BCUT2D eigenvalue weighted by atomic mass is 16.6. The van der Waals surface area contributed by atoms with Gasteiger partial charge in [0.2, 0.25) is 5.91 Å². The molecule has 6 atom stereocenters. The van der Waals surface area contributed by atoms with Crippen LogP contribution in [0, 0.1) is 25.7 Å². The number of hydrogen-bond acceptors (Lipinski definition) is 6. The summed E-state index contributed by atoms with van der Waals surface area (Å²) in [4.78, 5) is 46.4. The number of ether oxygens (including phenoxy) is 2. The minimum atomic E-state index is -1.26. The molecule has 1 N–H and O–H groups in total. The van der Waals surface area contributed by atoms with Gasteiger partial charge in [-0.1, -0.05) is 74.2 Å². The second kappa shape index (κ2) is 11.5. The third-order valence-corrected chi connectivity index (χ3v) is 9.43. The zero-order chi connectivity index (χ0) is 30.2. The molecule has 3 saturated heterocycles. The molecule has 2 aromatic carbocycles. The third-order valence-electron chi connectivity index (χ3n) is 9.43. The van der Waals surface area contributed by atoms with E-state index in [-0.39, 0.29) is 25.0 Å². The quantitative estimate of drug-likeness (QED) is 0.316. The molecule has 8 heteroatoms. The predicted octanol–water partition coefficient (Wildman–Crippen LogP) is 4.44. The van der Waals surface area contributed by atoms with Gasteiger partial charge in [0.25, 0.3) is 5.91 Å². The van der Waals surface area contributed by atoms with Crippen LogP contribution in [0.4, 0.5) is 5.69 Å². The summed E-state index contributed by atoms with van der Waals surface area (Å²) in [6.45, 7) is 13.2. The van der Waals surface area contributed by atoms with Crippen LogP contribution in [0.5, 0.6) is 0 Å².